The predicted octanol–water partition coefficient (Wildman–Crippen LogP) is 4.33. The third-order valence-electron chi connectivity index (χ3n) is 5.08. The average molecular weight is 560 g/mol. The van der Waals surface area contributed by atoms with Crippen molar-refractivity contribution in [2.75, 3.05) is 14.2 Å². The highest BCUT2D eigenvalue weighted by atomic mass is 79.9. The molecule has 3 aromatic rings. The quantitative estimate of drug-likeness (QED) is 0.284. The van der Waals surface area contributed by atoms with E-state index < -0.39 is 22.0 Å². The second-order valence-corrected chi connectivity index (χ2v) is 10.2. The van der Waals surface area contributed by atoms with Crippen LogP contribution in [0.15, 0.2) is 81.2 Å². The first-order chi connectivity index (χ1) is 16.7. The van der Waals surface area contributed by atoms with Gasteiger partial charge in [-0.2, -0.15) is 5.10 Å². The van der Waals surface area contributed by atoms with E-state index in [1.807, 2.05) is 13.0 Å². The van der Waals surface area contributed by atoms with Crippen LogP contribution in [0.25, 0.3) is 0 Å². The number of ether oxygens (including phenoxy) is 2. The van der Waals surface area contributed by atoms with Crippen molar-refractivity contribution in [3.05, 3.63) is 87.9 Å². The molecule has 0 aliphatic rings. The van der Waals surface area contributed by atoms with Gasteiger partial charge in [-0.25, -0.2) is 18.6 Å². The number of sulfonamides is 1. The number of hydrogen-bond acceptors (Lipinski definition) is 6. The molecule has 3 aromatic carbocycles. The summed E-state index contributed by atoms with van der Waals surface area (Å²) in [6.45, 7) is 1.88. The summed E-state index contributed by atoms with van der Waals surface area (Å²) in [5.74, 6) is 0.589. The van der Waals surface area contributed by atoms with Gasteiger partial charge >= 0.3 is 0 Å². The third kappa shape index (κ3) is 7.14. The zero-order chi connectivity index (χ0) is 25.4. The van der Waals surface area contributed by atoms with Crippen molar-refractivity contribution in [1.29, 1.82) is 0 Å². The molecule has 0 aliphatic carbocycles. The Morgan fingerprint density at radius 1 is 1.06 bits per heavy atom. The first-order valence-electron chi connectivity index (χ1n) is 10.6. The van der Waals surface area contributed by atoms with Crippen molar-refractivity contribution in [3.8, 4) is 11.5 Å². The maximum atomic E-state index is 13.0. The summed E-state index contributed by atoms with van der Waals surface area (Å²) in [6.07, 6.45) is 1.31. The number of aryl methyl sites for hydroxylation is 1. The van der Waals surface area contributed by atoms with Gasteiger partial charge in [-0.05, 0) is 58.2 Å². The molecule has 35 heavy (non-hydrogen) atoms. The molecule has 0 fully saturated rings. The number of nitrogens with zero attached hydrogens (tertiary/aromatic N) is 1. The highest BCUT2D eigenvalue weighted by Gasteiger charge is 2.23. The van der Waals surface area contributed by atoms with Gasteiger partial charge < -0.3 is 9.47 Å². The molecule has 0 unspecified atom stereocenters. The summed E-state index contributed by atoms with van der Waals surface area (Å²) < 4.78 is 39.8. The van der Waals surface area contributed by atoms with Gasteiger partial charge in [-0.3, -0.25) is 4.79 Å². The Hall–Kier alpha value is -3.21. The molecule has 184 valence electrons. The van der Waals surface area contributed by atoms with Crippen LogP contribution in [0.1, 0.15) is 29.2 Å². The Bertz CT molecular complexity index is 1300. The lowest BCUT2D eigenvalue weighted by atomic mass is 10.0. The smallest absolute Gasteiger partial charge is 0.242 e. The van der Waals surface area contributed by atoms with Crippen molar-refractivity contribution < 1.29 is 22.7 Å². The van der Waals surface area contributed by atoms with Gasteiger partial charge in [0.1, 0.15) is 0 Å². The summed E-state index contributed by atoms with van der Waals surface area (Å²) >= 11 is 3.41. The summed E-state index contributed by atoms with van der Waals surface area (Å²) in [6, 6.07) is 18.1. The zero-order valence-electron chi connectivity index (χ0n) is 19.5. The van der Waals surface area contributed by atoms with Crippen molar-refractivity contribution in [2.24, 2.45) is 5.10 Å². The van der Waals surface area contributed by atoms with E-state index in [-0.39, 0.29) is 11.3 Å². The molecule has 0 aromatic heterocycles. The molecule has 0 spiro atoms. The fourth-order valence-electron chi connectivity index (χ4n) is 3.31. The minimum absolute atomic E-state index is 0.126. The lowest BCUT2D eigenvalue weighted by molar-refractivity contribution is -0.121. The third-order valence-corrected chi connectivity index (χ3v) is 7.16. The van der Waals surface area contributed by atoms with Crippen LogP contribution >= 0.6 is 15.9 Å². The van der Waals surface area contributed by atoms with Crippen LogP contribution in [-0.2, 0) is 14.8 Å². The molecular weight excluding hydrogens is 534 g/mol. The van der Waals surface area contributed by atoms with Crippen LogP contribution in [0.4, 0.5) is 0 Å². The molecule has 8 nitrogen and oxygen atoms in total. The molecule has 0 radical (unpaired) electrons. The minimum atomic E-state index is -3.85. The van der Waals surface area contributed by atoms with E-state index in [1.165, 1.54) is 32.6 Å². The van der Waals surface area contributed by atoms with Gasteiger partial charge in [0.05, 0.1) is 35.8 Å². The molecule has 0 heterocycles. The lowest BCUT2D eigenvalue weighted by Crippen LogP contribution is -2.32. The SMILES string of the molecule is COc1cc(/C=N\NC(=O)C[C@H](NS(=O)(=O)c2ccc(C)cc2)c2ccccc2)cc(Br)c1OC. The number of amides is 1. The number of nitrogens with one attached hydrogen (secondary N) is 2. The zero-order valence-corrected chi connectivity index (χ0v) is 21.9. The van der Waals surface area contributed by atoms with E-state index in [4.69, 9.17) is 9.47 Å². The number of halogens is 1. The van der Waals surface area contributed by atoms with Crippen LogP contribution in [0.3, 0.4) is 0 Å². The second kappa shape index (κ2) is 12.0. The van der Waals surface area contributed by atoms with E-state index in [0.29, 0.717) is 27.1 Å². The van der Waals surface area contributed by atoms with Gasteiger partial charge in [0.2, 0.25) is 15.9 Å². The molecule has 0 bridgehead atoms. The maximum Gasteiger partial charge on any atom is 0.242 e. The highest BCUT2D eigenvalue weighted by Crippen LogP contribution is 2.35. The fourth-order valence-corrected chi connectivity index (χ4v) is 5.15. The number of carbonyl (C=O) groups excluding carboxylic acids is 1. The number of hydrogen-bond donors (Lipinski definition) is 2. The standard InChI is InChI=1S/C25H26BrN3O5S/c1-17-9-11-20(12-10-17)35(31,32)29-22(19-7-5-4-6-8-19)15-24(30)28-27-16-18-13-21(26)25(34-3)23(14-18)33-2/h4-14,16,22,29H,15H2,1-3H3,(H,28,30)/b27-16-/t22-/m0/s1. The number of benzene rings is 3. The van der Waals surface area contributed by atoms with Gasteiger partial charge in [0.15, 0.2) is 11.5 Å². The molecule has 1 atom stereocenters. The van der Waals surface area contributed by atoms with Crippen molar-refractivity contribution in [1.82, 2.24) is 10.1 Å². The molecule has 0 aliphatic heterocycles. The maximum absolute atomic E-state index is 13.0. The van der Waals surface area contributed by atoms with Crippen LogP contribution in [-0.4, -0.2) is 34.8 Å². The highest BCUT2D eigenvalue weighted by molar-refractivity contribution is 9.10. The van der Waals surface area contributed by atoms with E-state index in [1.54, 1.807) is 48.5 Å². The molecule has 2 N–H and O–H groups in total. The van der Waals surface area contributed by atoms with Crippen LogP contribution in [0.5, 0.6) is 11.5 Å². The Kier molecular flexibility index (Phi) is 9.02. The van der Waals surface area contributed by atoms with E-state index >= 15 is 0 Å². The van der Waals surface area contributed by atoms with Crippen molar-refractivity contribution in [2.45, 2.75) is 24.3 Å². The Labute approximate surface area is 213 Å². The minimum Gasteiger partial charge on any atom is -0.493 e. The fraction of sp³-hybridized carbons (Fsp3) is 0.200. The normalized spacial score (nSPS) is 12.3. The van der Waals surface area contributed by atoms with Crippen LogP contribution in [0, 0.1) is 6.92 Å². The number of carbonyl (C=O) groups is 1. The number of hydrazone groups is 1. The second-order valence-electron chi connectivity index (χ2n) is 7.63. The average Bonchev–Trinajstić information content (AvgIpc) is 2.84. The van der Waals surface area contributed by atoms with Crippen LogP contribution < -0.4 is 19.6 Å². The largest absolute Gasteiger partial charge is 0.493 e. The van der Waals surface area contributed by atoms with Crippen LogP contribution in [0.2, 0.25) is 0 Å². The molecule has 1 amide bonds. The van der Waals surface area contributed by atoms with Gasteiger partial charge in [0.25, 0.3) is 0 Å². The first kappa shape index (κ1) is 26.4. The Balaban J connectivity index is 1.74. The number of methoxy groups -OCH3 is 2. The Morgan fingerprint density at radius 2 is 1.74 bits per heavy atom. The summed E-state index contributed by atoms with van der Waals surface area (Å²) in [7, 11) is -0.795. The monoisotopic (exact) mass is 559 g/mol. The predicted molar refractivity (Wildman–Crippen MR) is 138 cm³/mol. The Morgan fingerprint density at radius 3 is 2.37 bits per heavy atom. The molecule has 10 heteroatoms. The van der Waals surface area contributed by atoms with Gasteiger partial charge in [-0.1, -0.05) is 48.0 Å². The number of rotatable bonds is 10. The molecular formula is C25H26BrN3O5S. The van der Waals surface area contributed by atoms with Crippen molar-refractivity contribution in [3.63, 3.8) is 0 Å². The van der Waals surface area contributed by atoms with E-state index in [0.717, 1.165) is 5.56 Å². The van der Waals surface area contributed by atoms with Gasteiger partial charge in [0, 0.05) is 6.42 Å². The lowest BCUT2D eigenvalue weighted by Gasteiger charge is -2.18. The molecule has 0 saturated carbocycles. The van der Waals surface area contributed by atoms with Gasteiger partial charge in [-0.15, -0.1) is 0 Å². The molecule has 3 rings (SSSR count). The summed E-state index contributed by atoms with van der Waals surface area (Å²) in [5.41, 5.74) is 4.72. The molecule has 0 saturated heterocycles. The first-order valence-corrected chi connectivity index (χ1v) is 12.9. The summed E-state index contributed by atoms with van der Waals surface area (Å²) in [4.78, 5) is 12.8. The van der Waals surface area contributed by atoms with E-state index in [9.17, 15) is 13.2 Å². The van der Waals surface area contributed by atoms with E-state index in [2.05, 4.69) is 31.2 Å². The summed E-state index contributed by atoms with van der Waals surface area (Å²) in [5, 5.41) is 4.01. The van der Waals surface area contributed by atoms with Crippen molar-refractivity contribution >= 4 is 38.1 Å². The topological polar surface area (TPSA) is 106 Å².